The standard InChI is InChI=1S/C13H16N4O4/c1-13(2,3)21-12(18)15-6-4-5-9-7-10(17(19)20)11(14)16-8-9/h7-8H,6H2,1-3H3,(H2,14,16)(H,15,18). The van der Waals surface area contributed by atoms with E-state index in [1.165, 1.54) is 12.3 Å². The maximum atomic E-state index is 11.3. The summed E-state index contributed by atoms with van der Waals surface area (Å²) < 4.78 is 5.02. The van der Waals surface area contributed by atoms with Gasteiger partial charge in [0.15, 0.2) is 0 Å². The summed E-state index contributed by atoms with van der Waals surface area (Å²) in [4.78, 5) is 25.1. The summed E-state index contributed by atoms with van der Waals surface area (Å²) >= 11 is 0. The smallest absolute Gasteiger partial charge is 0.408 e. The van der Waals surface area contributed by atoms with E-state index in [0.29, 0.717) is 5.56 Å². The van der Waals surface area contributed by atoms with Crippen LogP contribution in [0.5, 0.6) is 0 Å². The first-order valence-electron chi connectivity index (χ1n) is 6.04. The molecule has 8 nitrogen and oxygen atoms in total. The molecule has 21 heavy (non-hydrogen) atoms. The first kappa shape index (κ1) is 16.2. The third-order valence-corrected chi connectivity index (χ3v) is 2.05. The van der Waals surface area contributed by atoms with Crippen LogP contribution >= 0.6 is 0 Å². The maximum Gasteiger partial charge on any atom is 0.408 e. The average Bonchev–Trinajstić information content (AvgIpc) is 2.34. The maximum absolute atomic E-state index is 11.3. The van der Waals surface area contributed by atoms with Crippen LogP contribution in [0.15, 0.2) is 12.3 Å². The highest BCUT2D eigenvalue weighted by atomic mass is 16.6. The Morgan fingerprint density at radius 3 is 2.81 bits per heavy atom. The zero-order chi connectivity index (χ0) is 16.0. The number of anilines is 1. The fourth-order valence-electron chi connectivity index (χ4n) is 1.26. The number of amides is 1. The molecular weight excluding hydrogens is 276 g/mol. The van der Waals surface area contributed by atoms with Crippen molar-refractivity contribution in [3.63, 3.8) is 0 Å². The Morgan fingerprint density at radius 2 is 2.24 bits per heavy atom. The molecule has 112 valence electrons. The van der Waals surface area contributed by atoms with Gasteiger partial charge in [0.1, 0.15) is 5.60 Å². The first-order chi connectivity index (χ1) is 9.69. The second-order valence-electron chi connectivity index (χ2n) is 5.04. The Hall–Kier alpha value is -2.82. The van der Waals surface area contributed by atoms with Crippen molar-refractivity contribution in [3.8, 4) is 11.8 Å². The highest BCUT2D eigenvalue weighted by Gasteiger charge is 2.15. The second-order valence-corrected chi connectivity index (χ2v) is 5.04. The molecule has 0 spiro atoms. The Bertz CT molecular complexity index is 611. The fourth-order valence-corrected chi connectivity index (χ4v) is 1.26. The third kappa shape index (κ3) is 5.78. The van der Waals surface area contributed by atoms with E-state index in [-0.39, 0.29) is 18.1 Å². The van der Waals surface area contributed by atoms with E-state index >= 15 is 0 Å². The molecule has 0 unspecified atom stereocenters. The van der Waals surface area contributed by atoms with Crippen molar-refractivity contribution < 1.29 is 14.5 Å². The molecule has 1 heterocycles. The largest absolute Gasteiger partial charge is 0.444 e. The van der Waals surface area contributed by atoms with E-state index in [1.807, 2.05) is 0 Å². The molecule has 0 aliphatic rings. The van der Waals surface area contributed by atoms with E-state index in [9.17, 15) is 14.9 Å². The SMILES string of the molecule is CC(C)(C)OC(=O)NCC#Cc1cnc(N)c([N+](=O)[O-])c1. The van der Waals surface area contributed by atoms with Gasteiger partial charge in [-0.25, -0.2) is 9.78 Å². The molecule has 0 saturated heterocycles. The number of nitrogen functional groups attached to an aromatic ring is 1. The van der Waals surface area contributed by atoms with Gasteiger partial charge in [-0.05, 0) is 20.8 Å². The third-order valence-electron chi connectivity index (χ3n) is 2.05. The molecule has 0 aliphatic carbocycles. The quantitative estimate of drug-likeness (QED) is 0.483. The monoisotopic (exact) mass is 292 g/mol. The van der Waals surface area contributed by atoms with Crippen LogP contribution in [-0.2, 0) is 4.74 Å². The zero-order valence-electron chi connectivity index (χ0n) is 12.0. The lowest BCUT2D eigenvalue weighted by molar-refractivity contribution is -0.384. The molecule has 8 heteroatoms. The summed E-state index contributed by atoms with van der Waals surface area (Å²) in [5.74, 6) is 5.11. The number of carbonyl (C=O) groups excluding carboxylic acids is 1. The predicted molar refractivity (Wildman–Crippen MR) is 76.4 cm³/mol. The number of hydrogen-bond donors (Lipinski definition) is 2. The van der Waals surface area contributed by atoms with E-state index in [4.69, 9.17) is 10.5 Å². The lowest BCUT2D eigenvalue weighted by atomic mass is 10.2. The van der Waals surface area contributed by atoms with Crippen molar-refractivity contribution in [2.45, 2.75) is 26.4 Å². The van der Waals surface area contributed by atoms with Gasteiger partial charge in [-0.3, -0.25) is 10.1 Å². The minimum atomic E-state index is -0.632. The molecule has 0 atom stereocenters. The number of nitrogens with two attached hydrogens (primary N) is 1. The molecule has 0 aliphatic heterocycles. The molecule has 0 aromatic carbocycles. The minimum Gasteiger partial charge on any atom is -0.444 e. The Kier molecular flexibility index (Phi) is 5.07. The number of carbonyl (C=O) groups is 1. The van der Waals surface area contributed by atoms with Crippen molar-refractivity contribution in [1.29, 1.82) is 0 Å². The molecule has 3 N–H and O–H groups in total. The molecular formula is C13H16N4O4. The Labute approximate surface area is 121 Å². The van der Waals surface area contributed by atoms with Crippen molar-refractivity contribution in [3.05, 3.63) is 27.9 Å². The van der Waals surface area contributed by atoms with Gasteiger partial charge in [-0.15, -0.1) is 0 Å². The molecule has 1 aromatic heterocycles. The molecule has 0 saturated carbocycles. The Balaban J connectivity index is 2.62. The van der Waals surface area contributed by atoms with Crippen molar-refractivity contribution in [2.24, 2.45) is 0 Å². The summed E-state index contributed by atoms with van der Waals surface area (Å²) in [6.07, 6.45) is 0.737. The van der Waals surface area contributed by atoms with Crippen LogP contribution < -0.4 is 11.1 Å². The molecule has 1 rings (SSSR count). The van der Waals surface area contributed by atoms with Crippen molar-refractivity contribution in [2.75, 3.05) is 12.3 Å². The van der Waals surface area contributed by atoms with Crippen LogP contribution in [0, 0.1) is 22.0 Å². The topological polar surface area (TPSA) is 120 Å². The van der Waals surface area contributed by atoms with Gasteiger partial charge in [0.05, 0.1) is 11.5 Å². The number of nitrogens with one attached hydrogen (secondary N) is 1. The van der Waals surface area contributed by atoms with Crippen LogP contribution in [0.25, 0.3) is 0 Å². The number of rotatable bonds is 2. The van der Waals surface area contributed by atoms with Crippen LogP contribution in [0.3, 0.4) is 0 Å². The van der Waals surface area contributed by atoms with Crippen LogP contribution in [0.4, 0.5) is 16.3 Å². The molecule has 0 bridgehead atoms. The highest BCUT2D eigenvalue weighted by molar-refractivity contribution is 5.68. The van der Waals surface area contributed by atoms with Crippen molar-refractivity contribution in [1.82, 2.24) is 10.3 Å². The zero-order valence-corrected chi connectivity index (χ0v) is 12.0. The van der Waals surface area contributed by atoms with Gasteiger partial charge in [0, 0.05) is 17.8 Å². The van der Waals surface area contributed by atoms with Crippen LogP contribution in [-0.4, -0.2) is 28.1 Å². The van der Waals surface area contributed by atoms with E-state index < -0.39 is 16.6 Å². The number of hydrogen-bond acceptors (Lipinski definition) is 6. The lowest BCUT2D eigenvalue weighted by Gasteiger charge is -2.18. The van der Waals surface area contributed by atoms with Gasteiger partial charge in [0.2, 0.25) is 5.82 Å². The van der Waals surface area contributed by atoms with E-state index in [1.54, 1.807) is 20.8 Å². The number of ether oxygens (including phenoxy) is 1. The number of nitro groups is 1. The summed E-state index contributed by atoms with van der Waals surface area (Å²) in [7, 11) is 0. The van der Waals surface area contributed by atoms with Gasteiger partial charge in [-0.2, -0.15) is 0 Å². The van der Waals surface area contributed by atoms with E-state index in [0.717, 1.165) is 0 Å². The number of alkyl carbamates (subject to hydrolysis) is 1. The average molecular weight is 292 g/mol. The van der Waals surface area contributed by atoms with Crippen molar-refractivity contribution >= 4 is 17.6 Å². The molecule has 0 radical (unpaired) electrons. The predicted octanol–water partition coefficient (Wildman–Crippen LogP) is 1.45. The van der Waals surface area contributed by atoms with Gasteiger partial charge >= 0.3 is 11.8 Å². The first-order valence-corrected chi connectivity index (χ1v) is 6.04. The van der Waals surface area contributed by atoms with Crippen LogP contribution in [0.1, 0.15) is 26.3 Å². The lowest BCUT2D eigenvalue weighted by Crippen LogP contribution is -2.32. The number of pyridine rings is 1. The normalized spacial score (nSPS) is 10.2. The summed E-state index contributed by atoms with van der Waals surface area (Å²) in [5, 5.41) is 13.1. The second kappa shape index (κ2) is 6.56. The summed E-state index contributed by atoms with van der Waals surface area (Å²) in [6.45, 7) is 5.29. The Morgan fingerprint density at radius 1 is 1.57 bits per heavy atom. The molecule has 0 fully saturated rings. The molecule has 1 aromatic rings. The van der Waals surface area contributed by atoms with Gasteiger partial charge in [0.25, 0.3) is 0 Å². The number of nitrogens with zero attached hydrogens (tertiary/aromatic N) is 2. The van der Waals surface area contributed by atoms with Crippen LogP contribution in [0.2, 0.25) is 0 Å². The highest BCUT2D eigenvalue weighted by Crippen LogP contribution is 2.18. The van der Waals surface area contributed by atoms with Gasteiger partial charge < -0.3 is 15.8 Å². The minimum absolute atomic E-state index is 0.0487. The fraction of sp³-hybridized carbons (Fsp3) is 0.385. The summed E-state index contributed by atoms with van der Waals surface area (Å²) in [6, 6.07) is 1.23. The van der Waals surface area contributed by atoms with Gasteiger partial charge in [-0.1, -0.05) is 11.8 Å². The molecule has 1 amide bonds. The number of aromatic nitrogens is 1. The summed E-state index contributed by atoms with van der Waals surface area (Å²) in [5.41, 5.74) is 4.82. The van der Waals surface area contributed by atoms with E-state index in [2.05, 4.69) is 22.1 Å².